The van der Waals surface area contributed by atoms with Crippen molar-refractivity contribution in [3.05, 3.63) is 101 Å². The molecule has 1 saturated heterocycles. The average Bonchev–Trinajstić information content (AvgIpc) is 3.32. The van der Waals surface area contributed by atoms with Crippen LogP contribution in [0.2, 0.25) is 0 Å². The van der Waals surface area contributed by atoms with Crippen LogP contribution in [0.5, 0.6) is 0 Å². The summed E-state index contributed by atoms with van der Waals surface area (Å²) < 4.78 is 0. The van der Waals surface area contributed by atoms with E-state index in [1.165, 1.54) is 6.92 Å². The molecule has 5 heteroatoms. The minimum absolute atomic E-state index is 0.151. The Bertz CT molecular complexity index is 1390. The van der Waals surface area contributed by atoms with Crippen LogP contribution in [0.1, 0.15) is 34.0 Å². The second kappa shape index (κ2) is 7.26. The van der Waals surface area contributed by atoms with E-state index in [1.54, 1.807) is 12.1 Å². The van der Waals surface area contributed by atoms with Gasteiger partial charge in [-0.05, 0) is 37.1 Å². The number of nitrogens with one attached hydrogen (secondary N) is 1. The maximum atomic E-state index is 14.1. The molecule has 4 atom stereocenters. The maximum Gasteiger partial charge on any atom is 0.238 e. The molecule has 3 aromatic carbocycles. The number of para-hydroxylation sites is 1. The van der Waals surface area contributed by atoms with Crippen molar-refractivity contribution in [3.63, 3.8) is 0 Å². The lowest BCUT2D eigenvalue weighted by molar-refractivity contribution is -0.130. The van der Waals surface area contributed by atoms with Crippen molar-refractivity contribution in [2.45, 2.75) is 31.3 Å². The molecule has 5 nitrogen and oxygen atoms in total. The van der Waals surface area contributed by atoms with Gasteiger partial charge < -0.3 is 10.2 Å². The first-order valence-electron chi connectivity index (χ1n) is 11.5. The number of anilines is 2. The Hall–Kier alpha value is -3.99. The molecular formula is C29H24N2O3. The van der Waals surface area contributed by atoms with Crippen molar-refractivity contribution < 1.29 is 14.4 Å². The molecule has 1 fully saturated rings. The summed E-state index contributed by atoms with van der Waals surface area (Å²) in [5.74, 6) is -1.39. The fourth-order valence-corrected chi connectivity index (χ4v) is 6.24. The SMILES string of the molecule is CC(=O)[C@@H]1[C@@H](C(=O)c2ccccc2)N2c3ccccc3C=C[C@@H]2[C@@]12C(=O)Nc1ccc(C)cc12. The molecular weight excluding hydrogens is 424 g/mol. The molecule has 0 saturated carbocycles. The zero-order valence-corrected chi connectivity index (χ0v) is 19.0. The molecule has 168 valence electrons. The molecule has 3 aliphatic rings. The predicted molar refractivity (Wildman–Crippen MR) is 132 cm³/mol. The Morgan fingerprint density at radius 2 is 1.71 bits per heavy atom. The normalized spacial score (nSPS) is 26.1. The number of carbonyl (C=O) groups excluding carboxylic acids is 3. The number of benzene rings is 3. The molecule has 1 amide bonds. The number of carbonyl (C=O) groups is 3. The molecule has 0 bridgehead atoms. The fourth-order valence-electron chi connectivity index (χ4n) is 6.24. The highest BCUT2D eigenvalue weighted by atomic mass is 16.2. The van der Waals surface area contributed by atoms with Crippen molar-refractivity contribution in [2.75, 3.05) is 10.2 Å². The van der Waals surface area contributed by atoms with Gasteiger partial charge in [0.2, 0.25) is 5.91 Å². The second-order valence-electron chi connectivity index (χ2n) is 9.41. The monoisotopic (exact) mass is 448 g/mol. The van der Waals surface area contributed by atoms with E-state index in [-0.39, 0.29) is 17.5 Å². The van der Waals surface area contributed by atoms with Crippen LogP contribution >= 0.6 is 0 Å². The summed E-state index contributed by atoms with van der Waals surface area (Å²) in [6, 6.07) is 21.5. The first kappa shape index (κ1) is 20.6. The van der Waals surface area contributed by atoms with Crippen molar-refractivity contribution >= 4 is 34.9 Å². The Kier molecular flexibility index (Phi) is 4.40. The number of aryl methyl sites for hydroxylation is 1. The summed E-state index contributed by atoms with van der Waals surface area (Å²) in [6.45, 7) is 3.48. The van der Waals surface area contributed by atoms with Crippen LogP contribution in [-0.2, 0) is 15.0 Å². The third-order valence-corrected chi connectivity index (χ3v) is 7.55. The largest absolute Gasteiger partial charge is 0.352 e. The lowest BCUT2D eigenvalue weighted by atomic mass is 9.65. The number of amides is 1. The highest BCUT2D eigenvalue weighted by molar-refractivity contribution is 6.16. The summed E-state index contributed by atoms with van der Waals surface area (Å²) in [5.41, 5.74) is 3.66. The van der Waals surface area contributed by atoms with Crippen LogP contribution in [0, 0.1) is 12.8 Å². The van der Waals surface area contributed by atoms with E-state index < -0.39 is 23.4 Å². The predicted octanol–water partition coefficient (Wildman–Crippen LogP) is 4.56. The van der Waals surface area contributed by atoms with Crippen LogP contribution in [0.15, 0.2) is 78.9 Å². The summed E-state index contributed by atoms with van der Waals surface area (Å²) in [4.78, 5) is 43.5. The van der Waals surface area contributed by atoms with Crippen LogP contribution in [0.25, 0.3) is 6.08 Å². The van der Waals surface area contributed by atoms with Gasteiger partial charge in [0.1, 0.15) is 17.2 Å². The van der Waals surface area contributed by atoms with E-state index in [9.17, 15) is 14.4 Å². The zero-order valence-electron chi connectivity index (χ0n) is 19.0. The van der Waals surface area contributed by atoms with Crippen LogP contribution in [0.3, 0.4) is 0 Å². The third-order valence-electron chi connectivity index (χ3n) is 7.55. The topological polar surface area (TPSA) is 66.5 Å². The van der Waals surface area contributed by atoms with Gasteiger partial charge in [-0.2, -0.15) is 0 Å². The number of Topliss-reactive ketones (excluding diaryl/α,β-unsaturated/α-hetero) is 2. The summed E-state index contributed by atoms with van der Waals surface area (Å²) in [5, 5.41) is 3.04. The number of fused-ring (bicyclic) bond motifs is 6. The molecule has 1 N–H and O–H groups in total. The van der Waals surface area contributed by atoms with Gasteiger partial charge >= 0.3 is 0 Å². The van der Waals surface area contributed by atoms with Gasteiger partial charge in [0.25, 0.3) is 0 Å². The molecule has 0 aliphatic carbocycles. The number of ketones is 2. The third kappa shape index (κ3) is 2.58. The Labute approximate surface area is 198 Å². The molecule has 3 heterocycles. The lowest BCUT2D eigenvalue weighted by Gasteiger charge is -2.37. The smallest absolute Gasteiger partial charge is 0.238 e. The first-order chi connectivity index (χ1) is 16.4. The van der Waals surface area contributed by atoms with E-state index in [2.05, 4.69) is 5.32 Å². The molecule has 6 rings (SSSR count). The minimum Gasteiger partial charge on any atom is -0.352 e. The van der Waals surface area contributed by atoms with Crippen LogP contribution in [0.4, 0.5) is 11.4 Å². The average molecular weight is 449 g/mol. The Morgan fingerprint density at radius 3 is 2.47 bits per heavy atom. The standard InChI is InChI=1S/C29H24N2O3/c1-17-12-14-22-21(16-17)29(28(34)30-22)24-15-13-19-8-6-7-11-23(19)31(24)26(25(29)18(2)32)27(33)20-9-4-3-5-10-20/h3-16,24-26H,1-2H3,(H,30,34)/t24-,25-,26+,29-/m1/s1. The first-order valence-corrected chi connectivity index (χ1v) is 11.5. The van der Waals surface area contributed by atoms with Crippen molar-refractivity contribution in [2.24, 2.45) is 5.92 Å². The van der Waals surface area contributed by atoms with Gasteiger partial charge in [-0.25, -0.2) is 0 Å². The van der Waals surface area contributed by atoms with E-state index in [0.717, 1.165) is 22.4 Å². The summed E-state index contributed by atoms with van der Waals surface area (Å²) in [7, 11) is 0. The van der Waals surface area contributed by atoms with Gasteiger partial charge in [-0.15, -0.1) is 0 Å². The maximum absolute atomic E-state index is 14.1. The van der Waals surface area contributed by atoms with E-state index in [1.807, 2.05) is 84.6 Å². The van der Waals surface area contributed by atoms with Gasteiger partial charge in [-0.3, -0.25) is 14.4 Å². The van der Waals surface area contributed by atoms with Gasteiger partial charge in [-0.1, -0.05) is 78.4 Å². The van der Waals surface area contributed by atoms with Crippen molar-refractivity contribution in [3.8, 4) is 0 Å². The van der Waals surface area contributed by atoms with E-state index in [0.29, 0.717) is 11.3 Å². The van der Waals surface area contributed by atoms with Gasteiger partial charge in [0, 0.05) is 16.9 Å². The molecule has 3 aliphatic heterocycles. The number of hydrogen-bond acceptors (Lipinski definition) is 4. The van der Waals surface area contributed by atoms with Crippen LogP contribution in [-0.4, -0.2) is 29.6 Å². The minimum atomic E-state index is -1.20. The molecule has 3 aromatic rings. The van der Waals surface area contributed by atoms with E-state index in [4.69, 9.17) is 0 Å². The van der Waals surface area contributed by atoms with Crippen molar-refractivity contribution in [1.29, 1.82) is 0 Å². The summed E-state index contributed by atoms with van der Waals surface area (Å²) in [6.07, 6.45) is 4.00. The van der Waals surface area contributed by atoms with E-state index >= 15 is 0 Å². The summed E-state index contributed by atoms with van der Waals surface area (Å²) >= 11 is 0. The molecule has 0 aromatic heterocycles. The highest BCUT2D eigenvalue weighted by Gasteiger charge is 2.69. The Balaban J connectivity index is 1.67. The molecule has 0 unspecified atom stereocenters. The molecule has 1 spiro atoms. The molecule has 34 heavy (non-hydrogen) atoms. The zero-order chi connectivity index (χ0) is 23.6. The number of hydrogen-bond donors (Lipinski definition) is 1. The fraction of sp³-hybridized carbons (Fsp3) is 0.207. The number of nitrogens with zero attached hydrogens (tertiary/aromatic N) is 1. The van der Waals surface area contributed by atoms with Gasteiger partial charge in [0.15, 0.2) is 5.78 Å². The molecule has 0 radical (unpaired) electrons. The quantitative estimate of drug-likeness (QED) is 0.597. The number of rotatable bonds is 3. The second-order valence-corrected chi connectivity index (χ2v) is 9.41. The lowest BCUT2D eigenvalue weighted by Crippen LogP contribution is -2.51. The Morgan fingerprint density at radius 1 is 0.971 bits per heavy atom. The highest BCUT2D eigenvalue weighted by Crippen LogP contribution is 2.57. The van der Waals surface area contributed by atoms with Crippen molar-refractivity contribution in [1.82, 2.24) is 0 Å². The van der Waals surface area contributed by atoms with Gasteiger partial charge in [0.05, 0.1) is 12.0 Å². The van der Waals surface area contributed by atoms with Crippen LogP contribution < -0.4 is 10.2 Å².